The Balaban J connectivity index is 1.05. The standard InChI is InChI=1S/C53H41NO/c1-34-29-35(2)52-47-32-40(22-28-48(47)53(3,4)49(52)30-34)39-13-10-14-44(31-39)54(42-23-17-37(18-24-42)36-11-6-5-7-12-36)43-25-19-38(20-26-43)41-21-27-46-45-15-8-9-16-50(45)55-51(46)33-41/h5-33H,1-4H3. The lowest BCUT2D eigenvalue weighted by Crippen LogP contribution is -2.15. The molecule has 8 aromatic carbocycles. The Morgan fingerprint density at radius 3 is 1.76 bits per heavy atom. The van der Waals surface area contributed by atoms with E-state index >= 15 is 0 Å². The first-order valence-electron chi connectivity index (χ1n) is 19.2. The average Bonchev–Trinajstić information content (AvgIpc) is 3.70. The third-order valence-electron chi connectivity index (χ3n) is 11.6. The van der Waals surface area contributed by atoms with E-state index in [-0.39, 0.29) is 5.41 Å². The SMILES string of the molecule is Cc1cc(C)c2c(c1)C(C)(C)c1ccc(-c3cccc(N(c4ccc(-c5ccccc5)cc4)c4ccc(-c5ccc6c(c5)oc5ccccc56)cc4)c3)cc1-2. The molecule has 1 aliphatic rings. The van der Waals surface area contributed by atoms with Crippen LogP contribution in [0.1, 0.15) is 36.1 Å². The molecule has 1 heterocycles. The van der Waals surface area contributed by atoms with Crippen molar-refractivity contribution in [3.8, 4) is 44.5 Å². The summed E-state index contributed by atoms with van der Waals surface area (Å²) in [7, 11) is 0. The van der Waals surface area contributed by atoms with Crippen molar-refractivity contribution >= 4 is 39.0 Å². The summed E-state index contributed by atoms with van der Waals surface area (Å²) in [5, 5.41) is 2.29. The summed E-state index contributed by atoms with van der Waals surface area (Å²) in [5.41, 5.74) is 20.4. The second kappa shape index (κ2) is 12.7. The molecule has 9 aromatic rings. The minimum absolute atomic E-state index is 0.0332. The van der Waals surface area contributed by atoms with Gasteiger partial charge in [-0.25, -0.2) is 0 Å². The molecule has 0 unspecified atom stereocenters. The normalized spacial score (nSPS) is 12.9. The van der Waals surface area contributed by atoms with Crippen LogP contribution in [0.5, 0.6) is 0 Å². The first-order chi connectivity index (χ1) is 26.8. The van der Waals surface area contributed by atoms with Crippen LogP contribution in [0.2, 0.25) is 0 Å². The first-order valence-corrected chi connectivity index (χ1v) is 19.2. The molecule has 0 amide bonds. The van der Waals surface area contributed by atoms with Gasteiger partial charge in [0.1, 0.15) is 11.2 Å². The van der Waals surface area contributed by atoms with Crippen molar-refractivity contribution in [2.24, 2.45) is 0 Å². The maximum Gasteiger partial charge on any atom is 0.136 e. The van der Waals surface area contributed by atoms with E-state index in [0.717, 1.165) is 50.1 Å². The van der Waals surface area contributed by atoms with Crippen molar-refractivity contribution in [2.75, 3.05) is 4.90 Å². The summed E-state index contributed by atoms with van der Waals surface area (Å²) >= 11 is 0. The van der Waals surface area contributed by atoms with Gasteiger partial charge in [-0.15, -0.1) is 0 Å². The van der Waals surface area contributed by atoms with Gasteiger partial charge in [-0.2, -0.15) is 0 Å². The molecule has 0 radical (unpaired) electrons. The van der Waals surface area contributed by atoms with E-state index < -0.39 is 0 Å². The van der Waals surface area contributed by atoms with Crippen LogP contribution in [-0.4, -0.2) is 0 Å². The zero-order chi connectivity index (χ0) is 37.3. The molecule has 0 saturated carbocycles. The summed E-state index contributed by atoms with van der Waals surface area (Å²) in [4.78, 5) is 2.36. The summed E-state index contributed by atoms with van der Waals surface area (Å²) in [5.74, 6) is 0. The van der Waals surface area contributed by atoms with Crippen LogP contribution >= 0.6 is 0 Å². The summed E-state index contributed by atoms with van der Waals surface area (Å²) in [6, 6.07) is 63.9. The molecule has 55 heavy (non-hydrogen) atoms. The van der Waals surface area contributed by atoms with Crippen molar-refractivity contribution in [1.29, 1.82) is 0 Å². The van der Waals surface area contributed by atoms with Crippen molar-refractivity contribution in [1.82, 2.24) is 0 Å². The topological polar surface area (TPSA) is 16.4 Å². The third kappa shape index (κ3) is 5.56. The van der Waals surface area contributed by atoms with E-state index in [4.69, 9.17) is 4.42 Å². The van der Waals surface area contributed by atoms with Gasteiger partial charge in [-0.3, -0.25) is 0 Å². The smallest absolute Gasteiger partial charge is 0.136 e. The van der Waals surface area contributed by atoms with Gasteiger partial charge in [-0.05, 0) is 136 Å². The molecule has 0 spiro atoms. The predicted octanol–water partition coefficient (Wildman–Crippen LogP) is 15.0. The molecule has 1 aromatic heterocycles. The largest absolute Gasteiger partial charge is 0.456 e. The number of rotatable bonds is 6. The number of hydrogen-bond acceptors (Lipinski definition) is 2. The lowest BCUT2D eigenvalue weighted by atomic mass is 9.81. The van der Waals surface area contributed by atoms with E-state index in [2.05, 4.69) is 196 Å². The van der Waals surface area contributed by atoms with E-state index in [0.29, 0.717) is 0 Å². The van der Waals surface area contributed by atoms with E-state index in [1.54, 1.807) is 0 Å². The van der Waals surface area contributed by atoms with Gasteiger partial charge >= 0.3 is 0 Å². The zero-order valence-electron chi connectivity index (χ0n) is 31.6. The monoisotopic (exact) mass is 707 g/mol. The number of hydrogen-bond donors (Lipinski definition) is 0. The molecule has 2 heteroatoms. The molecule has 0 fully saturated rings. The minimum atomic E-state index is -0.0332. The fourth-order valence-corrected chi connectivity index (χ4v) is 8.85. The second-order valence-electron chi connectivity index (χ2n) is 15.5. The fourth-order valence-electron chi connectivity index (χ4n) is 8.85. The predicted molar refractivity (Wildman–Crippen MR) is 232 cm³/mol. The number of anilines is 3. The molecule has 0 N–H and O–H groups in total. The van der Waals surface area contributed by atoms with Gasteiger partial charge in [0.05, 0.1) is 0 Å². The Labute approximate surface area is 323 Å². The van der Waals surface area contributed by atoms with Gasteiger partial charge < -0.3 is 9.32 Å². The van der Waals surface area contributed by atoms with Crippen LogP contribution in [0.4, 0.5) is 17.1 Å². The van der Waals surface area contributed by atoms with Crippen LogP contribution in [0.3, 0.4) is 0 Å². The number of fused-ring (bicyclic) bond motifs is 6. The highest BCUT2D eigenvalue weighted by molar-refractivity contribution is 6.06. The summed E-state index contributed by atoms with van der Waals surface area (Å²) in [6.07, 6.45) is 0. The summed E-state index contributed by atoms with van der Waals surface area (Å²) < 4.78 is 6.24. The Bertz CT molecular complexity index is 2890. The first kappa shape index (κ1) is 33.0. The highest BCUT2D eigenvalue weighted by Gasteiger charge is 2.36. The van der Waals surface area contributed by atoms with Crippen molar-refractivity contribution < 1.29 is 4.42 Å². The van der Waals surface area contributed by atoms with Crippen LogP contribution in [-0.2, 0) is 5.41 Å². The molecule has 0 saturated heterocycles. The number of benzene rings is 8. The fraction of sp³-hybridized carbons (Fsp3) is 0.0943. The van der Waals surface area contributed by atoms with Gasteiger partial charge in [0.15, 0.2) is 0 Å². The maximum absolute atomic E-state index is 6.24. The van der Waals surface area contributed by atoms with Crippen molar-refractivity contribution in [3.05, 3.63) is 198 Å². The maximum atomic E-state index is 6.24. The van der Waals surface area contributed by atoms with Gasteiger partial charge in [-0.1, -0.05) is 135 Å². The molecule has 0 aliphatic heterocycles. The van der Waals surface area contributed by atoms with Crippen LogP contribution in [0.25, 0.3) is 66.4 Å². The number of aryl methyl sites for hydroxylation is 2. The van der Waals surface area contributed by atoms with Crippen LogP contribution in [0.15, 0.2) is 180 Å². The Morgan fingerprint density at radius 2 is 1.00 bits per heavy atom. The Hall–Kier alpha value is -6.64. The Morgan fingerprint density at radius 1 is 0.418 bits per heavy atom. The average molecular weight is 708 g/mol. The lowest BCUT2D eigenvalue weighted by molar-refractivity contribution is 0.659. The molecule has 10 rings (SSSR count). The molecular formula is C53H41NO. The molecule has 0 bridgehead atoms. The minimum Gasteiger partial charge on any atom is -0.456 e. The van der Waals surface area contributed by atoms with E-state index in [1.807, 2.05) is 12.1 Å². The summed E-state index contributed by atoms with van der Waals surface area (Å²) in [6.45, 7) is 9.19. The number of para-hydroxylation sites is 1. The van der Waals surface area contributed by atoms with Crippen LogP contribution < -0.4 is 4.90 Å². The lowest BCUT2D eigenvalue weighted by Gasteiger charge is -2.26. The van der Waals surface area contributed by atoms with Crippen molar-refractivity contribution in [3.63, 3.8) is 0 Å². The molecular weight excluding hydrogens is 667 g/mol. The quantitative estimate of drug-likeness (QED) is 0.171. The Kier molecular flexibility index (Phi) is 7.64. The van der Waals surface area contributed by atoms with E-state index in [9.17, 15) is 0 Å². The van der Waals surface area contributed by atoms with Crippen LogP contribution in [0, 0.1) is 13.8 Å². The zero-order valence-corrected chi connectivity index (χ0v) is 31.6. The van der Waals surface area contributed by atoms with Gasteiger partial charge in [0.2, 0.25) is 0 Å². The highest BCUT2D eigenvalue weighted by atomic mass is 16.3. The van der Waals surface area contributed by atoms with Crippen molar-refractivity contribution in [2.45, 2.75) is 33.1 Å². The highest BCUT2D eigenvalue weighted by Crippen LogP contribution is 2.51. The molecule has 2 nitrogen and oxygen atoms in total. The van der Waals surface area contributed by atoms with Gasteiger partial charge in [0.25, 0.3) is 0 Å². The number of nitrogens with zero attached hydrogens (tertiary/aromatic N) is 1. The van der Waals surface area contributed by atoms with Gasteiger partial charge in [0, 0.05) is 33.2 Å². The third-order valence-corrected chi connectivity index (χ3v) is 11.6. The number of furan rings is 1. The second-order valence-corrected chi connectivity index (χ2v) is 15.5. The molecule has 1 aliphatic carbocycles. The molecule has 0 atom stereocenters. The van der Waals surface area contributed by atoms with E-state index in [1.165, 1.54) is 55.6 Å². The molecule has 264 valence electrons.